The number of hydrogen-bond donors (Lipinski definition) is 1. The fourth-order valence-corrected chi connectivity index (χ4v) is 3.04. The lowest BCUT2D eigenvalue weighted by atomic mass is 10.3. The Hall–Kier alpha value is -1.78. The fraction of sp³-hybridized carbons (Fsp3) is 0.133. The first-order valence-electron chi connectivity index (χ1n) is 6.18. The maximum absolute atomic E-state index is 6.00. The molecule has 0 aliphatic carbocycles. The van der Waals surface area contributed by atoms with Gasteiger partial charge in [0, 0.05) is 11.8 Å². The number of nitrogens with zero attached hydrogens (tertiary/aromatic N) is 1. The number of methoxy groups -OCH3 is 1. The van der Waals surface area contributed by atoms with Gasteiger partial charge >= 0.3 is 0 Å². The van der Waals surface area contributed by atoms with Crippen LogP contribution in [0.2, 0.25) is 5.02 Å². The first kappa shape index (κ1) is 13.2. The van der Waals surface area contributed by atoms with Crippen molar-refractivity contribution in [3.05, 3.63) is 52.5 Å². The number of thiazole rings is 1. The molecule has 0 amide bonds. The second-order valence-corrected chi connectivity index (χ2v) is 5.80. The third-order valence-corrected chi connectivity index (χ3v) is 4.28. The fourth-order valence-electron chi connectivity index (χ4n) is 1.94. The van der Waals surface area contributed by atoms with E-state index in [1.54, 1.807) is 18.4 Å². The molecular weight excluding hydrogens is 292 g/mol. The third kappa shape index (κ3) is 2.71. The Bertz CT molecular complexity index is 709. The molecule has 0 bridgehead atoms. The molecule has 5 heteroatoms. The van der Waals surface area contributed by atoms with Crippen LogP contribution in [0.3, 0.4) is 0 Å². The number of rotatable bonds is 4. The molecule has 0 saturated carbocycles. The number of halogens is 1. The molecule has 1 aromatic heterocycles. The van der Waals surface area contributed by atoms with E-state index in [9.17, 15) is 0 Å². The molecule has 0 radical (unpaired) electrons. The van der Waals surface area contributed by atoms with E-state index in [2.05, 4.69) is 16.4 Å². The normalized spacial score (nSPS) is 10.7. The molecule has 1 heterocycles. The number of ether oxygens (including phenoxy) is 1. The smallest absolute Gasteiger partial charge is 0.139 e. The van der Waals surface area contributed by atoms with Crippen LogP contribution < -0.4 is 10.1 Å². The Labute approximate surface area is 126 Å². The van der Waals surface area contributed by atoms with Crippen LogP contribution in [-0.4, -0.2) is 12.1 Å². The highest BCUT2D eigenvalue weighted by Gasteiger charge is 2.05. The maximum Gasteiger partial charge on any atom is 0.139 e. The maximum atomic E-state index is 6.00. The van der Waals surface area contributed by atoms with Crippen LogP contribution >= 0.6 is 22.9 Å². The monoisotopic (exact) mass is 304 g/mol. The van der Waals surface area contributed by atoms with E-state index < -0.39 is 0 Å². The van der Waals surface area contributed by atoms with Gasteiger partial charge in [-0.25, -0.2) is 4.98 Å². The van der Waals surface area contributed by atoms with Crippen LogP contribution in [0.1, 0.15) is 5.01 Å². The molecule has 0 spiro atoms. The van der Waals surface area contributed by atoms with Gasteiger partial charge in [0.2, 0.25) is 0 Å². The van der Waals surface area contributed by atoms with Crippen molar-refractivity contribution in [1.29, 1.82) is 0 Å². The van der Waals surface area contributed by atoms with Crippen molar-refractivity contribution in [3.8, 4) is 5.75 Å². The van der Waals surface area contributed by atoms with Gasteiger partial charge in [-0.05, 0) is 24.3 Å². The van der Waals surface area contributed by atoms with E-state index in [0.717, 1.165) is 16.2 Å². The molecule has 3 rings (SSSR count). The van der Waals surface area contributed by atoms with Crippen molar-refractivity contribution < 1.29 is 4.74 Å². The molecular formula is C15H13ClN2OS. The summed E-state index contributed by atoms with van der Waals surface area (Å²) in [6.07, 6.45) is 0. The van der Waals surface area contributed by atoms with Gasteiger partial charge in [-0.1, -0.05) is 23.7 Å². The molecule has 0 fully saturated rings. The summed E-state index contributed by atoms with van der Waals surface area (Å²) in [5.74, 6) is 0.668. The van der Waals surface area contributed by atoms with Crippen LogP contribution in [0.4, 0.5) is 5.69 Å². The molecule has 0 aliphatic rings. The van der Waals surface area contributed by atoms with E-state index in [1.807, 2.05) is 36.4 Å². The van der Waals surface area contributed by atoms with Crippen LogP contribution in [0.25, 0.3) is 10.2 Å². The highest BCUT2D eigenvalue weighted by molar-refractivity contribution is 7.18. The van der Waals surface area contributed by atoms with Crippen LogP contribution in [0.15, 0.2) is 42.5 Å². The second-order valence-electron chi connectivity index (χ2n) is 4.28. The molecule has 0 saturated heterocycles. The number of aromatic nitrogens is 1. The Kier molecular flexibility index (Phi) is 3.76. The minimum atomic E-state index is 0.609. The summed E-state index contributed by atoms with van der Waals surface area (Å²) in [6.45, 7) is 0.685. The predicted octanol–water partition coefficient (Wildman–Crippen LogP) is 4.57. The highest BCUT2D eigenvalue weighted by atomic mass is 35.5. The molecule has 3 nitrogen and oxygen atoms in total. The van der Waals surface area contributed by atoms with Crippen LogP contribution in [0.5, 0.6) is 5.75 Å². The summed E-state index contributed by atoms with van der Waals surface area (Å²) in [5, 5.41) is 5.00. The van der Waals surface area contributed by atoms with Gasteiger partial charge < -0.3 is 10.1 Å². The third-order valence-electron chi connectivity index (χ3n) is 2.93. The van der Waals surface area contributed by atoms with Crippen molar-refractivity contribution in [2.24, 2.45) is 0 Å². The van der Waals surface area contributed by atoms with Gasteiger partial charge in [0.15, 0.2) is 0 Å². The second kappa shape index (κ2) is 5.69. The highest BCUT2D eigenvalue weighted by Crippen LogP contribution is 2.28. The lowest BCUT2D eigenvalue weighted by Gasteiger charge is -2.07. The zero-order valence-corrected chi connectivity index (χ0v) is 12.5. The number of fused-ring (bicyclic) bond motifs is 1. The molecule has 102 valence electrons. The number of anilines is 1. The van der Waals surface area contributed by atoms with Gasteiger partial charge in [0.1, 0.15) is 10.8 Å². The first-order chi connectivity index (χ1) is 9.76. The van der Waals surface area contributed by atoms with Gasteiger partial charge in [0.25, 0.3) is 0 Å². The predicted molar refractivity (Wildman–Crippen MR) is 85.0 cm³/mol. The van der Waals surface area contributed by atoms with Crippen LogP contribution in [-0.2, 0) is 6.54 Å². The van der Waals surface area contributed by atoms with Crippen LogP contribution in [0, 0.1) is 0 Å². The minimum absolute atomic E-state index is 0.609. The van der Waals surface area contributed by atoms with E-state index in [-0.39, 0.29) is 0 Å². The number of para-hydroxylation sites is 1. The van der Waals surface area contributed by atoms with Crippen molar-refractivity contribution in [2.75, 3.05) is 12.4 Å². The quantitative estimate of drug-likeness (QED) is 0.766. The van der Waals surface area contributed by atoms with Gasteiger partial charge in [-0.2, -0.15) is 0 Å². The van der Waals surface area contributed by atoms with E-state index in [4.69, 9.17) is 16.3 Å². The summed E-state index contributed by atoms with van der Waals surface area (Å²) in [4.78, 5) is 4.59. The molecule has 1 N–H and O–H groups in total. The van der Waals surface area contributed by atoms with E-state index in [1.165, 1.54) is 4.70 Å². The van der Waals surface area contributed by atoms with Gasteiger partial charge in [0.05, 0.1) is 28.9 Å². The topological polar surface area (TPSA) is 34.1 Å². The summed E-state index contributed by atoms with van der Waals surface area (Å²) in [7, 11) is 1.61. The zero-order chi connectivity index (χ0) is 13.9. The lowest BCUT2D eigenvalue weighted by molar-refractivity contribution is 0.415. The summed E-state index contributed by atoms with van der Waals surface area (Å²) in [5.41, 5.74) is 2.01. The van der Waals surface area contributed by atoms with Gasteiger partial charge in [-0.3, -0.25) is 0 Å². The average molecular weight is 305 g/mol. The number of nitrogens with one attached hydrogen (secondary N) is 1. The lowest BCUT2D eigenvalue weighted by Crippen LogP contribution is -1.99. The SMILES string of the molecule is COc1cc(NCc2nc3ccccc3s2)ccc1Cl. The summed E-state index contributed by atoms with van der Waals surface area (Å²) < 4.78 is 6.41. The van der Waals surface area contributed by atoms with Gasteiger partial charge in [-0.15, -0.1) is 11.3 Å². The molecule has 20 heavy (non-hydrogen) atoms. The number of benzene rings is 2. The Morgan fingerprint density at radius 1 is 1.25 bits per heavy atom. The summed E-state index contributed by atoms with van der Waals surface area (Å²) in [6, 6.07) is 13.8. The molecule has 0 unspecified atom stereocenters. The Balaban J connectivity index is 1.75. The minimum Gasteiger partial charge on any atom is -0.495 e. The van der Waals surface area contributed by atoms with Crippen molar-refractivity contribution in [3.63, 3.8) is 0 Å². The van der Waals surface area contributed by atoms with Crippen molar-refractivity contribution in [1.82, 2.24) is 4.98 Å². The van der Waals surface area contributed by atoms with Crippen molar-refractivity contribution >= 4 is 38.8 Å². The molecule has 0 atom stereocenters. The molecule has 3 aromatic rings. The largest absolute Gasteiger partial charge is 0.495 e. The van der Waals surface area contributed by atoms with E-state index >= 15 is 0 Å². The first-order valence-corrected chi connectivity index (χ1v) is 7.37. The van der Waals surface area contributed by atoms with E-state index in [0.29, 0.717) is 17.3 Å². The molecule has 0 aliphatic heterocycles. The standard InChI is InChI=1S/C15H13ClN2OS/c1-19-13-8-10(6-7-11(13)16)17-9-15-18-12-4-2-3-5-14(12)20-15/h2-8,17H,9H2,1H3. The molecule has 2 aromatic carbocycles. The van der Waals surface area contributed by atoms with Crippen molar-refractivity contribution in [2.45, 2.75) is 6.54 Å². The zero-order valence-electron chi connectivity index (χ0n) is 10.9. The number of hydrogen-bond acceptors (Lipinski definition) is 4. The average Bonchev–Trinajstić information content (AvgIpc) is 2.89. The Morgan fingerprint density at radius 3 is 2.90 bits per heavy atom. The summed E-state index contributed by atoms with van der Waals surface area (Å²) >= 11 is 7.70. The Morgan fingerprint density at radius 2 is 2.10 bits per heavy atom.